The van der Waals surface area contributed by atoms with Gasteiger partial charge in [0.15, 0.2) is 0 Å². The lowest BCUT2D eigenvalue weighted by Crippen LogP contribution is -2.49. The molecule has 1 aliphatic rings. The maximum atomic E-state index is 14.2. The molecule has 1 saturated heterocycles. The van der Waals surface area contributed by atoms with Crippen molar-refractivity contribution in [3.8, 4) is 0 Å². The fourth-order valence-electron chi connectivity index (χ4n) is 4.01. The van der Waals surface area contributed by atoms with E-state index in [9.17, 15) is 18.4 Å². The summed E-state index contributed by atoms with van der Waals surface area (Å²) in [5.74, 6) is -1.59. The molecule has 1 fully saturated rings. The monoisotopic (exact) mass is 449 g/mol. The van der Waals surface area contributed by atoms with Crippen LogP contribution in [0.4, 0.5) is 25.0 Å². The van der Waals surface area contributed by atoms with Gasteiger partial charge in [-0.25, -0.2) is 13.6 Å². The van der Waals surface area contributed by atoms with Gasteiger partial charge in [0.1, 0.15) is 11.6 Å². The van der Waals surface area contributed by atoms with Crippen LogP contribution in [-0.4, -0.2) is 29.9 Å². The van der Waals surface area contributed by atoms with Gasteiger partial charge in [-0.3, -0.25) is 9.69 Å². The molecule has 170 valence electrons. The molecule has 0 radical (unpaired) electrons. The molecule has 0 spiro atoms. The molecule has 0 aromatic heterocycles. The first-order valence-electron chi connectivity index (χ1n) is 10.8. The van der Waals surface area contributed by atoms with Crippen molar-refractivity contribution < 1.29 is 18.4 Å². The number of anilines is 2. The number of nitrogens with zero attached hydrogens (tertiary/aromatic N) is 2. The Bertz CT molecular complexity index is 1210. The largest absolute Gasteiger partial charge is 0.324 e. The van der Waals surface area contributed by atoms with Crippen LogP contribution in [0.25, 0.3) is 0 Å². The lowest BCUT2D eigenvalue weighted by molar-refractivity contribution is 0.102. The minimum absolute atomic E-state index is 0.0399. The zero-order chi connectivity index (χ0) is 23.5. The minimum atomic E-state index is -0.679. The van der Waals surface area contributed by atoms with Gasteiger partial charge in [0.2, 0.25) is 0 Å². The van der Waals surface area contributed by atoms with E-state index in [0.717, 1.165) is 17.2 Å². The van der Waals surface area contributed by atoms with Gasteiger partial charge in [0, 0.05) is 30.3 Å². The molecule has 3 amide bonds. The molecule has 1 heterocycles. The highest BCUT2D eigenvalue weighted by atomic mass is 19.1. The summed E-state index contributed by atoms with van der Waals surface area (Å²) in [5.41, 5.74) is 3.72. The lowest BCUT2D eigenvalue weighted by atomic mass is 10.1. The summed E-state index contributed by atoms with van der Waals surface area (Å²) in [6.07, 6.45) is 0.674. The summed E-state index contributed by atoms with van der Waals surface area (Å²) in [5, 5.41) is 2.95. The zero-order valence-corrected chi connectivity index (χ0v) is 18.6. The predicted octanol–water partition coefficient (Wildman–Crippen LogP) is 5.67. The minimum Gasteiger partial charge on any atom is -0.320 e. The van der Waals surface area contributed by atoms with Crippen molar-refractivity contribution in [1.29, 1.82) is 0 Å². The third kappa shape index (κ3) is 4.87. The van der Waals surface area contributed by atoms with Crippen molar-refractivity contribution in [1.82, 2.24) is 4.90 Å². The summed E-state index contributed by atoms with van der Waals surface area (Å²) in [4.78, 5) is 29.4. The van der Waals surface area contributed by atoms with E-state index in [2.05, 4.69) is 5.32 Å². The second kappa shape index (κ2) is 9.40. The van der Waals surface area contributed by atoms with Crippen LogP contribution in [0.15, 0.2) is 60.7 Å². The molecule has 7 heteroatoms. The second-order valence-electron chi connectivity index (χ2n) is 8.23. The smallest absolute Gasteiger partial charge is 0.320 e. The van der Waals surface area contributed by atoms with Gasteiger partial charge in [-0.05, 0) is 55.7 Å². The molecule has 1 aliphatic heterocycles. The van der Waals surface area contributed by atoms with Crippen molar-refractivity contribution in [3.63, 3.8) is 0 Å². The third-order valence-corrected chi connectivity index (χ3v) is 5.77. The first kappa shape index (κ1) is 22.5. The fraction of sp³-hybridized carbons (Fsp3) is 0.231. The Balaban J connectivity index is 1.59. The second-order valence-corrected chi connectivity index (χ2v) is 8.23. The highest BCUT2D eigenvalue weighted by Gasteiger charge is 2.29. The number of urea groups is 1. The Hall–Kier alpha value is -3.74. The molecule has 3 aromatic carbocycles. The van der Waals surface area contributed by atoms with Crippen molar-refractivity contribution in [3.05, 3.63) is 94.6 Å². The fourth-order valence-corrected chi connectivity index (χ4v) is 4.01. The Morgan fingerprint density at radius 1 is 1.00 bits per heavy atom. The molecule has 3 aromatic rings. The number of carbonyl (C=O) groups is 2. The Labute approximate surface area is 191 Å². The highest BCUT2D eigenvalue weighted by molar-refractivity contribution is 6.08. The topological polar surface area (TPSA) is 52.6 Å². The maximum Gasteiger partial charge on any atom is 0.324 e. The SMILES string of the molecule is Cc1ccc(N2CCCN(Cc3ccc(F)cc3F)C2=O)c(NC(=O)c2ccccc2C)c1. The zero-order valence-electron chi connectivity index (χ0n) is 18.6. The Morgan fingerprint density at radius 3 is 2.55 bits per heavy atom. The Kier molecular flexibility index (Phi) is 6.40. The molecule has 4 rings (SSSR count). The van der Waals surface area contributed by atoms with Crippen LogP contribution >= 0.6 is 0 Å². The number of rotatable bonds is 5. The van der Waals surface area contributed by atoms with Crippen LogP contribution in [0, 0.1) is 25.5 Å². The van der Waals surface area contributed by atoms with Gasteiger partial charge in [0.05, 0.1) is 17.9 Å². The van der Waals surface area contributed by atoms with Crippen LogP contribution in [0.3, 0.4) is 0 Å². The Morgan fingerprint density at radius 2 is 1.79 bits per heavy atom. The van der Waals surface area contributed by atoms with Gasteiger partial charge < -0.3 is 10.2 Å². The van der Waals surface area contributed by atoms with Crippen LogP contribution < -0.4 is 10.2 Å². The highest BCUT2D eigenvalue weighted by Crippen LogP contribution is 2.31. The molecule has 0 aliphatic carbocycles. The quantitative estimate of drug-likeness (QED) is 0.546. The molecule has 5 nitrogen and oxygen atoms in total. The van der Waals surface area contributed by atoms with Crippen molar-refractivity contribution in [2.75, 3.05) is 23.3 Å². The van der Waals surface area contributed by atoms with E-state index >= 15 is 0 Å². The van der Waals surface area contributed by atoms with Gasteiger partial charge in [-0.1, -0.05) is 30.3 Å². The molecule has 0 atom stereocenters. The molecular formula is C26H25F2N3O2. The standard InChI is InChI=1S/C26H25F2N3O2/c1-17-8-11-24(23(14-17)29-25(32)21-7-4-3-6-18(21)2)31-13-5-12-30(26(31)33)16-19-9-10-20(27)15-22(19)28/h3-4,6-11,14-15H,5,12-13,16H2,1-2H3,(H,29,32). The van der Waals surface area contributed by atoms with E-state index in [0.29, 0.717) is 36.4 Å². The molecular weight excluding hydrogens is 424 g/mol. The average molecular weight is 450 g/mol. The molecule has 33 heavy (non-hydrogen) atoms. The molecule has 1 N–H and O–H groups in total. The van der Waals surface area contributed by atoms with Crippen LogP contribution in [-0.2, 0) is 6.54 Å². The van der Waals surface area contributed by atoms with E-state index in [1.165, 1.54) is 17.0 Å². The number of hydrogen-bond acceptors (Lipinski definition) is 2. The number of hydrogen-bond donors (Lipinski definition) is 1. The van der Waals surface area contributed by atoms with Crippen molar-refractivity contribution >= 4 is 23.3 Å². The van der Waals surface area contributed by atoms with E-state index in [-0.39, 0.29) is 24.0 Å². The van der Waals surface area contributed by atoms with E-state index in [1.807, 2.05) is 44.2 Å². The van der Waals surface area contributed by atoms with Crippen LogP contribution in [0.5, 0.6) is 0 Å². The number of aryl methyl sites for hydroxylation is 2. The van der Waals surface area contributed by atoms with E-state index in [1.54, 1.807) is 17.0 Å². The van der Waals surface area contributed by atoms with Gasteiger partial charge in [-0.2, -0.15) is 0 Å². The summed E-state index contributed by atoms with van der Waals surface area (Å²) >= 11 is 0. The normalized spacial score (nSPS) is 13.9. The number of carbonyl (C=O) groups excluding carboxylic acids is 2. The summed E-state index contributed by atoms with van der Waals surface area (Å²) in [7, 11) is 0. The van der Waals surface area contributed by atoms with Crippen LogP contribution in [0.1, 0.15) is 33.5 Å². The first-order valence-corrected chi connectivity index (χ1v) is 10.8. The van der Waals surface area contributed by atoms with E-state index < -0.39 is 11.6 Å². The molecule has 0 saturated carbocycles. The predicted molar refractivity (Wildman–Crippen MR) is 124 cm³/mol. The maximum absolute atomic E-state index is 14.2. The van der Waals surface area contributed by atoms with Crippen LogP contribution in [0.2, 0.25) is 0 Å². The number of halogens is 2. The lowest BCUT2D eigenvalue weighted by Gasteiger charge is -2.36. The van der Waals surface area contributed by atoms with Crippen molar-refractivity contribution in [2.45, 2.75) is 26.8 Å². The molecule has 0 unspecified atom stereocenters. The number of amides is 3. The van der Waals surface area contributed by atoms with Gasteiger partial charge in [0.25, 0.3) is 5.91 Å². The van der Waals surface area contributed by atoms with Gasteiger partial charge >= 0.3 is 6.03 Å². The first-order chi connectivity index (χ1) is 15.8. The average Bonchev–Trinajstić information content (AvgIpc) is 2.78. The number of nitrogens with one attached hydrogen (secondary N) is 1. The third-order valence-electron chi connectivity index (χ3n) is 5.77. The van der Waals surface area contributed by atoms with Gasteiger partial charge in [-0.15, -0.1) is 0 Å². The number of benzene rings is 3. The summed E-state index contributed by atoms with van der Waals surface area (Å²) < 4.78 is 27.4. The van der Waals surface area contributed by atoms with Crippen molar-refractivity contribution in [2.24, 2.45) is 0 Å². The summed E-state index contributed by atoms with van der Waals surface area (Å²) in [6, 6.07) is 15.9. The summed E-state index contributed by atoms with van der Waals surface area (Å²) in [6.45, 7) is 4.75. The van der Waals surface area contributed by atoms with E-state index in [4.69, 9.17) is 0 Å². The molecule has 0 bridgehead atoms.